The summed E-state index contributed by atoms with van der Waals surface area (Å²) in [6, 6.07) is 7.35. The van der Waals surface area contributed by atoms with Crippen LogP contribution in [0.1, 0.15) is 39.0 Å². The zero-order valence-electron chi connectivity index (χ0n) is 12.8. The van der Waals surface area contributed by atoms with Gasteiger partial charge in [-0.3, -0.25) is 0 Å². The number of ether oxygens (including phenoxy) is 1. The highest BCUT2D eigenvalue weighted by molar-refractivity contribution is 7.99. The first-order valence-corrected chi connectivity index (χ1v) is 9.00. The van der Waals surface area contributed by atoms with E-state index in [9.17, 15) is 4.39 Å². The molecular formula is C17H26FNOS. The van der Waals surface area contributed by atoms with E-state index in [-0.39, 0.29) is 5.82 Å². The molecule has 0 bridgehead atoms. The molecule has 2 atom stereocenters. The second-order valence-corrected chi connectivity index (χ2v) is 6.68. The molecule has 1 saturated heterocycles. The molecule has 1 fully saturated rings. The van der Waals surface area contributed by atoms with E-state index in [2.05, 4.69) is 12.2 Å². The average Bonchev–Trinajstić information content (AvgIpc) is 2.98. The number of benzene rings is 1. The Morgan fingerprint density at radius 2 is 2.38 bits per heavy atom. The lowest BCUT2D eigenvalue weighted by molar-refractivity contribution is 0.101. The summed E-state index contributed by atoms with van der Waals surface area (Å²) in [5.74, 6) is 0.835. The van der Waals surface area contributed by atoms with Gasteiger partial charge in [0, 0.05) is 23.3 Å². The monoisotopic (exact) mass is 311 g/mol. The van der Waals surface area contributed by atoms with Crippen molar-refractivity contribution >= 4 is 11.8 Å². The Hall–Kier alpha value is -0.580. The molecule has 2 rings (SSSR count). The number of rotatable bonds is 9. The number of hydrogen-bond donors (Lipinski definition) is 1. The Bertz CT molecular complexity index is 410. The molecule has 2 nitrogen and oxygen atoms in total. The van der Waals surface area contributed by atoms with E-state index in [0.717, 1.165) is 30.2 Å². The molecule has 0 amide bonds. The second-order valence-electron chi connectivity index (χ2n) is 5.59. The van der Waals surface area contributed by atoms with Gasteiger partial charge in [-0.2, -0.15) is 0 Å². The Morgan fingerprint density at radius 1 is 1.48 bits per heavy atom. The van der Waals surface area contributed by atoms with Crippen molar-refractivity contribution in [2.24, 2.45) is 0 Å². The number of thioether (sulfide) groups is 1. The molecule has 0 aromatic heterocycles. The molecule has 1 heterocycles. The summed E-state index contributed by atoms with van der Waals surface area (Å²) in [5.41, 5.74) is 0. The van der Waals surface area contributed by atoms with Crippen molar-refractivity contribution in [2.45, 2.75) is 56.1 Å². The molecule has 1 N–H and O–H groups in total. The van der Waals surface area contributed by atoms with Gasteiger partial charge in [-0.1, -0.05) is 13.0 Å². The highest BCUT2D eigenvalue weighted by Crippen LogP contribution is 2.22. The van der Waals surface area contributed by atoms with Crippen LogP contribution in [0.15, 0.2) is 29.2 Å². The molecule has 4 heteroatoms. The highest BCUT2D eigenvalue weighted by atomic mass is 32.2. The minimum absolute atomic E-state index is 0.154. The van der Waals surface area contributed by atoms with Crippen molar-refractivity contribution in [1.82, 2.24) is 5.32 Å². The fourth-order valence-electron chi connectivity index (χ4n) is 2.75. The molecule has 2 unspecified atom stereocenters. The van der Waals surface area contributed by atoms with Crippen molar-refractivity contribution in [3.8, 4) is 0 Å². The summed E-state index contributed by atoms with van der Waals surface area (Å²) in [6.07, 6.45) is 6.47. The Morgan fingerprint density at radius 3 is 3.10 bits per heavy atom. The Kier molecular flexibility index (Phi) is 7.54. The van der Waals surface area contributed by atoms with E-state index < -0.39 is 0 Å². The predicted molar refractivity (Wildman–Crippen MR) is 87.4 cm³/mol. The van der Waals surface area contributed by atoms with Crippen LogP contribution >= 0.6 is 11.8 Å². The smallest absolute Gasteiger partial charge is 0.124 e. The molecule has 1 aromatic rings. The van der Waals surface area contributed by atoms with Gasteiger partial charge < -0.3 is 10.1 Å². The van der Waals surface area contributed by atoms with E-state index >= 15 is 0 Å². The van der Waals surface area contributed by atoms with Gasteiger partial charge in [0.1, 0.15) is 5.82 Å². The molecule has 118 valence electrons. The van der Waals surface area contributed by atoms with Crippen LogP contribution < -0.4 is 5.32 Å². The molecule has 0 saturated carbocycles. The van der Waals surface area contributed by atoms with Gasteiger partial charge in [-0.05, 0) is 56.8 Å². The van der Waals surface area contributed by atoms with Crippen molar-refractivity contribution in [2.75, 3.05) is 18.9 Å². The first-order valence-electron chi connectivity index (χ1n) is 8.01. The molecule has 0 spiro atoms. The fraction of sp³-hybridized carbons (Fsp3) is 0.647. The van der Waals surface area contributed by atoms with Gasteiger partial charge in [0.25, 0.3) is 0 Å². The summed E-state index contributed by atoms with van der Waals surface area (Å²) >= 11 is 1.73. The van der Waals surface area contributed by atoms with Crippen molar-refractivity contribution in [1.29, 1.82) is 0 Å². The summed E-state index contributed by atoms with van der Waals surface area (Å²) < 4.78 is 18.8. The van der Waals surface area contributed by atoms with E-state index in [1.165, 1.54) is 31.7 Å². The average molecular weight is 311 g/mol. The van der Waals surface area contributed by atoms with Crippen LogP contribution in [0.4, 0.5) is 4.39 Å². The first kappa shape index (κ1) is 16.8. The summed E-state index contributed by atoms with van der Waals surface area (Å²) in [7, 11) is 0. The molecule has 1 aliphatic rings. The Labute approximate surface area is 131 Å². The number of hydrogen-bond acceptors (Lipinski definition) is 3. The maximum atomic E-state index is 13.2. The largest absolute Gasteiger partial charge is 0.378 e. The molecule has 1 aromatic carbocycles. The highest BCUT2D eigenvalue weighted by Gasteiger charge is 2.16. The quantitative estimate of drug-likeness (QED) is 0.689. The molecule has 0 radical (unpaired) electrons. The molecular weight excluding hydrogens is 285 g/mol. The zero-order chi connectivity index (χ0) is 14.9. The lowest BCUT2D eigenvalue weighted by atomic mass is 10.1. The van der Waals surface area contributed by atoms with E-state index in [0.29, 0.717) is 12.1 Å². The van der Waals surface area contributed by atoms with Crippen LogP contribution in [0.3, 0.4) is 0 Å². The number of nitrogens with one attached hydrogen (secondary N) is 1. The predicted octanol–water partition coefficient (Wildman–Crippen LogP) is 4.25. The second kappa shape index (κ2) is 9.44. The lowest BCUT2D eigenvalue weighted by Gasteiger charge is -2.18. The van der Waals surface area contributed by atoms with Gasteiger partial charge in [0.05, 0.1) is 6.10 Å². The third-order valence-electron chi connectivity index (χ3n) is 3.84. The van der Waals surface area contributed by atoms with Crippen molar-refractivity contribution < 1.29 is 9.13 Å². The van der Waals surface area contributed by atoms with Crippen LogP contribution in [0.2, 0.25) is 0 Å². The third kappa shape index (κ3) is 6.37. The maximum Gasteiger partial charge on any atom is 0.124 e. The molecule has 1 aliphatic heterocycles. The summed E-state index contributed by atoms with van der Waals surface area (Å²) in [5, 5.41) is 3.54. The normalized spacial score (nSPS) is 19.8. The summed E-state index contributed by atoms with van der Waals surface area (Å²) in [6.45, 7) is 4.06. The zero-order valence-corrected chi connectivity index (χ0v) is 13.6. The third-order valence-corrected chi connectivity index (χ3v) is 5.00. The maximum absolute atomic E-state index is 13.2. The Balaban J connectivity index is 1.70. The van der Waals surface area contributed by atoms with E-state index in [1.807, 2.05) is 6.07 Å². The first-order chi connectivity index (χ1) is 10.3. The van der Waals surface area contributed by atoms with Gasteiger partial charge in [0.2, 0.25) is 0 Å². The van der Waals surface area contributed by atoms with Gasteiger partial charge in [-0.15, -0.1) is 11.8 Å². The van der Waals surface area contributed by atoms with Crippen LogP contribution in [0.25, 0.3) is 0 Å². The van der Waals surface area contributed by atoms with E-state index in [1.54, 1.807) is 23.9 Å². The van der Waals surface area contributed by atoms with E-state index in [4.69, 9.17) is 4.74 Å². The minimum atomic E-state index is -0.154. The van der Waals surface area contributed by atoms with Crippen LogP contribution in [0.5, 0.6) is 0 Å². The molecule has 0 aliphatic carbocycles. The molecule has 21 heavy (non-hydrogen) atoms. The lowest BCUT2D eigenvalue weighted by Crippen LogP contribution is -2.31. The van der Waals surface area contributed by atoms with Gasteiger partial charge >= 0.3 is 0 Å². The van der Waals surface area contributed by atoms with Crippen molar-refractivity contribution in [3.63, 3.8) is 0 Å². The van der Waals surface area contributed by atoms with Crippen molar-refractivity contribution in [3.05, 3.63) is 30.1 Å². The SMILES string of the molecule is CCNC(CCCC1CCCO1)CSc1cccc(F)c1. The van der Waals surface area contributed by atoms with Crippen LogP contribution in [-0.4, -0.2) is 31.1 Å². The standard InChI is InChI=1S/C17H26FNOS/c1-2-19-15(7-4-8-16-9-5-11-20-16)13-21-17-10-3-6-14(18)12-17/h3,6,10,12,15-16,19H,2,4-5,7-9,11,13H2,1H3. The number of halogens is 1. The van der Waals surface area contributed by atoms with Gasteiger partial charge in [0.15, 0.2) is 0 Å². The van der Waals surface area contributed by atoms with Crippen LogP contribution in [-0.2, 0) is 4.74 Å². The summed E-state index contributed by atoms with van der Waals surface area (Å²) in [4.78, 5) is 1.01. The minimum Gasteiger partial charge on any atom is -0.378 e. The topological polar surface area (TPSA) is 21.3 Å². The van der Waals surface area contributed by atoms with Gasteiger partial charge in [-0.25, -0.2) is 4.39 Å². The van der Waals surface area contributed by atoms with Crippen LogP contribution in [0, 0.1) is 5.82 Å². The fourth-order valence-corrected chi connectivity index (χ4v) is 3.80.